The molecular formula is C34H30IN3O4. The monoisotopic (exact) mass is 671 g/mol. The number of nitro groups is 1. The van der Waals surface area contributed by atoms with Gasteiger partial charge in [0.15, 0.2) is 11.5 Å². The SMILES string of the molecule is COc1cc(C=Nc2ccc([C@@H]3Nc4ccc(C)cc4[C@@H]4C=CC[C@H]43)cc2)cc(I)c1OCc1ccc([N+](=O)[O-])cc1. The van der Waals surface area contributed by atoms with Crippen molar-refractivity contribution in [1.82, 2.24) is 0 Å². The van der Waals surface area contributed by atoms with Crippen molar-refractivity contribution < 1.29 is 14.4 Å². The molecule has 0 radical (unpaired) electrons. The van der Waals surface area contributed by atoms with Gasteiger partial charge in [0.05, 0.1) is 27.3 Å². The minimum absolute atomic E-state index is 0.0513. The Bertz CT molecular complexity index is 1680. The maximum Gasteiger partial charge on any atom is 0.269 e. The lowest BCUT2D eigenvalue weighted by atomic mass is 9.76. The van der Waals surface area contributed by atoms with E-state index in [2.05, 4.69) is 89.4 Å². The van der Waals surface area contributed by atoms with Crippen molar-refractivity contribution in [3.05, 3.63) is 133 Å². The van der Waals surface area contributed by atoms with Crippen molar-refractivity contribution in [3.63, 3.8) is 0 Å². The van der Waals surface area contributed by atoms with Crippen molar-refractivity contribution in [2.75, 3.05) is 12.4 Å². The quantitative estimate of drug-likeness (QED) is 0.0667. The number of nitro benzene ring substituents is 1. The number of halogens is 1. The summed E-state index contributed by atoms with van der Waals surface area (Å²) in [6.07, 6.45) is 7.59. The number of hydrogen-bond donors (Lipinski definition) is 1. The zero-order valence-corrected chi connectivity index (χ0v) is 25.4. The molecule has 1 aliphatic carbocycles. The van der Waals surface area contributed by atoms with Gasteiger partial charge >= 0.3 is 0 Å². The fraction of sp³-hybridized carbons (Fsp3) is 0.206. The number of aryl methyl sites for hydroxylation is 1. The lowest BCUT2D eigenvalue weighted by molar-refractivity contribution is -0.384. The molecule has 0 unspecified atom stereocenters. The van der Waals surface area contributed by atoms with Crippen LogP contribution in [-0.4, -0.2) is 18.2 Å². The molecule has 212 valence electrons. The number of ether oxygens (including phenoxy) is 2. The van der Waals surface area contributed by atoms with Crippen molar-refractivity contribution in [2.24, 2.45) is 10.9 Å². The number of nitrogens with zero attached hydrogens (tertiary/aromatic N) is 2. The first-order valence-corrected chi connectivity index (χ1v) is 14.9. The smallest absolute Gasteiger partial charge is 0.269 e. The van der Waals surface area contributed by atoms with E-state index in [9.17, 15) is 10.1 Å². The van der Waals surface area contributed by atoms with Crippen LogP contribution in [0.5, 0.6) is 11.5 Å². The van der Waals surface area contributed by atoms with Gasteiger partial charge in [-0.15, -0.1) is 0 Å². The van der Waals surface area contributed by atoms with E-state index in [0.29, 0.717) is 23.3 Å². The Balaban J connectivity index is 1.15. The second-order valence-electron chi connectivity index (χ2n) is 10.7. The standard InChI is InChI=1S/C34H30IN3O4/c1-21-6-15-31-29(16-21)27-4-3-5-28(27)33(37-31)24-9-11-25(12-10-24)36-19-23-17-30(35)34(32(18-23)41-2)42-20-22-7-13-26(14-8-22)38(39)40/h3-4,6-19,27-28,33,37H,5,20H2,1-2H3/t27-,28-,33+/m1/s1. The second kappa shape index (κ2) is 12.0. The van der Waals surface area contributed by atoms with E-state index in [1.54, 1.807) is 19.2 Å². The fourth-order valence-electron chi connectivity index (χ4n) is 5.78. The van der Waals surface area contributed by atoms with E-state index in [1.807, 2.05) is 18.3 Å². The summed E-state index contributed by atoms with van der Waals surface area (Å²) in [6.45, 7) is 2.42. The molecule has 3 atom stereocenters. The first kappa shape index (κ1) is 28.0. The van der Waals surface area contributed by atoms with Crippen LogP contribution in [-0.2, 0) is 6.61 Å². The number of non-ortho nitro benzene ring substituents is 1. The molecule has 0 fully saturated rings. The highest BCUT2D eigenvalue weighted by molar-refractivity contribution is 14.1. The largest absolute Gasteiger partial charge is 0.493 e. The molecule has 1 aliphatic heterocycles. The van der Waals surface area contributed by atoms with E-state index in [4.69, 9.17) is 14.5 Å². The number of fused-ring (bicyclic) bond motifs is 3. The molecule has 0 spiro atoms. The molecule has 1 heterocycles. The summed E-state index contributed by atoms with van der Waals surface area (Å²) < 4.78 is 12.5. The van der Waals surface area contributed by atoms with Crippen LogP contribution in [0.3, 0.4) is 0 Å². The normalized spacial score (nSPS) is 18.8. The molecule has 2 aliphatic rings. The average molecular weight is 672 g/mol. The lowest BCUT2D eigenvalue weighted by Gasteiger charge is -2.37. The molecule has 0 amide bonds. The first-order valence-electron chi connectivity index (χ1n) is 13.8. The van der Waals surface area contributed by atoms with Crippen LogP contribution >= 0.6 is 22.6 Å². The van der Waals surface area contributed by atoms with E-state index in [-0.39, 0.29) is 18.3 Å². The summed E-state index contributed by atoms with van der Waals surface area (Å²) in [5.41, 5.74) is 7.84. The molecule has 0 bridgehead atoms. The summed E-state index contributed by atoms with van der Waals surface area (Å²) in [4.78, 5) is 15.2. The van der Waals surface area contributed by atoms with Gasteiger partial charge in [0, 0.05) is 30.0 Å². The molecule has 0 saturated heterocycles. The molecule has 6 rings (SSSR count). The van der Waals surface area contributed by atoms with E-state index < -0.39 is 4.92 Å². The molecule has 1 N–H and O–H groups in total. The highest BCUT2D eigenvalue weighted by Crippen LogP contribution is 2.50. The van der Waals surface area contributed by atoms with Crippen LogP contribution in [0, 0.1) is 26.5 Å². The summed E-state index contributed by atoms with van der Waals surface area (Å²) in [7, 11) is 1.60. The predicted octanol–water partition coefficient (Wildman–Crippen LogP) is 8.67. The van der Waals surface area contributed by atoms with Crippen LogP contribution in [0.4, 0.5) is 17.1 Å². The molecule has 4 aromatic carbocycles. The minimum atomic E-state index is -0.415. The van der Waals surface area contributed by atoms with Gasteiger partial charge in [-0.3, -0.25) is 15.1 Å². The minimum Gasteiger partial charge on any atom is -0.493 e. The second-order valence-corrected chi connectivity index (χ2v) is 11.8. The summed E-state index contributed by atoms with van der Waals surface area (Å²) >= 11 is 2.22. The number of aliphatic imine (C=N–C) groups is 1. The Morgan fingerprint density at radius 1 is 1.07 bits per heavy atom. The Kier molecular flexibility index (Phi) is 7.97. The zero-order valence-electron chi connectivity index (χ0n) is 23.3. The van der Waals surface area contributed by atoms with Gasteiger partial charge in [-0.1, -0.05) is 42.0 Å². The molecule has 0 saturated carbocycles. The van der Waals surface area contributed by atoms with Crippen molar-refractivity contribution in [2.45, 2.75) is 31.9 Å². The molecule has 7 nitrogen and oxygen atoms in total. The zero-order chi connectivity index (χ0) is 29.2. The van der Waals surface area contributed by atoms with Crippen LogP contribution in [0.1, 0.15) is 46.2 Å². The van der Waals surface area contributed by atoms with Gasteiger partial charge in [0.1, 0.15) is 6.61 Å². The molecule has 4 aromatic rings. The summed E-state index contributed by atoms with van der Waals surface area (Å²) in [5, 5.41) is 14.7. The van der Waals surface area contributed by atoms with Crippen molar-refractivity contribution >= 4 is 45.9 Å². The first-order chi connectivity index (χ1) is 20.4. The maximum absolute atomic E-state index is 10.9. The van der Waals surface area contributed by atoms with Gasteiger partial charge in [-0.25, -0.2) is 0 Å². The predicted molar refractivity (Wildman–Crippen MR) is 174 cm³/mol. The highest BCUT2D eigenvalue weighted by atomic mass is 127. The molecule has 42 heavy (non-hydrogen) atoms. The third kappa shape index (κ3) is 5.76. The third-order valence-electron chi connectivity index (χ3n) is 7.92. The number of hydrogen-bond acceptors (Lipinski definition) is 6. The summed E-state index contributed by atoms with van der Waals surface area (Å²) in [6, 6.07) is 25.7. The van der Waals surface area contributed by atoms with Crippen LogP contribution in [0.2, 0.25) is 0 Å². The Hall–Kier alpha value is -4.18. The number of anilines is 1. The van der Waals surface area contributed by atoms with Gasteiger partial charge in [0.2, 0.25) is 0 Å². The molecular weight excluding hydrogens is 641 g/mol. The topological polar surface area (TPSA) is 86.0 Å². The number of rotatable bonds is 8. The fourth-order valence-corrected chi connectivity index (χ4v) is 6.57. The van der Waals surface area contributed by atoms with E-state index >= 15 is 0 Å². The van der Waals surface area contributed by atoms with Gasteiger partial charge < -0.3 is 14.8 Å². The van der Waals surface area contributed by atoms with Crippen LogP contribution in [0.25, 0.3) is 0 Å². The van der Waals surface area contributed by atoms with Gasteiger partial charge in [-0.05, 0) is 107 Å². The lowest BCUT2D eigenvalue weighted by Crippen LogP contribution is -2.29. The van der Waals surface area contributed by atoms with Crippen molar-refractivity contribution in [1.29, 1.82) is 0 Å². The van der Waals surface area contributed by atoms with Gasteiger partial charge in [0.25, 0.3) is 5.69 Å². The Morgan fingerprint density at radius 2 is 1.86 bits per heavy atom. The maximum atomic E-state index is 10.9. The number of nitrogens with one attached hydrogen (secondary N) is 1. The Morgan fingerprint density at radius 3 is 2.60 bits per heavy atom. The number of benzene rings is 4. The Labute approximate surface area is 258 Å². The van der Waals surface area contributed by atoms with E-state index in [0.717, 1.165) is 26.8 Å². The van der Waals surface area contributed by atoms with Gasteiger partial charge in [-0.2, -0.15) is 0 Å². The van der Waals surface area contributed by atoms with E-state index in [1.165, 1.54) is 34.5 Å². The highest BCUT2D eigenvalue weighted by Gasteiger charge is 2.37. The molecule has 0 aromatic heterocycles. The number of allylic oxidation sites excluding steroid dienone is 2. The average Bonchev–Trinajstić information content (AvgIpc) is 3.50. The third-order valence-corrected chi connectivity index (χ3v) is 8.72. The van der Waals surface area contributed by atoms with Crippen LogP contribution < -0.4 is 14.8 Å². The molecule has 8 heteroatoms. The summed E-state index contributed by atoms with van der Waals surface area (Å²) in [5.74, 6) is 2.17. The number of methoxy groups -OCH3 is 1. The van der Waals surface area contributed by atoms with Crippen LogP contribution in [0.15, 0.2) is 96.0 Å². The van der Waals surface area contributed by atoms with Crippen molar-refractivity contribution in [3.8, 4) is 11.5 Å².